The Labute approximate surface area is 274 Å². The lowest BCUT2D eigenvalue weighted by atomic mass is 10.0. The number of halogens is 1. The minimum Gasteiger partial charge on any atom is -0.541 e. The standard InChI is InChI=1S/C36H47BrO5Si2/c1-35(2,3)43(10,11)42-34-31-28(32(37)30(39-8)23-29(31)38-7)22-25(33(34)40-9)24-41-44(36(4,5)6,26-18-14-12-15-19-26)27-20-16-13-17-21-27/h12-23H,24H2,1-11H3. The fourth-order valence-electron chi connectivity index (χ4n) is 5.59. The molecule has 0 heterocycles. The number of hydrogen-bond donors (Lipinski definition) is 0. The molecule has 0 aliphatic heterocycles. The molecule has 4 aromatic rings. The van der Waals surface area contributed by atoms with Crippen LogP contribution in [0.1, 0.15) is 47.1 Å². The lowest BCUT2D eigenvalue weighted by Gasteiger charge is -2.43. The van der Waals surface area contributed by atoms with E-state index in [2.05, 4.69) is 137 Å². The van der Waals surface area contributed by atoms with E-state index in [1.165, 1.54) is 10.4 Å². The van der Waals surface area contributed by atoms with Gasteiger partial charge in [-0.2, -0.15) is 0 Å². The van der Waals surface area contributed by atoms with Gasteiger partial charge in [-0.25, -0.2) is 0 Å². The molecule has 0 amide bonds. The molecule has 0 bridgehead atoms. The third-order valence-corrected chi connectivity index (χ3v) is 19.1. The van der Waals surface area contributed by atoms with E-state index in [1.807, 2.05) is 6.07 Å². The zero-order chi connectivity index (χ0) is 32.5. The van der Waals surface area contributed by atoms with Gasteiger partial charge in [0.15, 0.2) is 11.5 Å². The maximum Gasteiger partial charge on any atom is 0.261 e. The van der Waals surface area contributed by atoms with Crippen LogP contribution in [0.25, 0.3) is 10.8 Å². The Kier molecular flexibility index (Phi) is 10.0. The Morgan fingerprint density at radius 3 is 1.61 bits per heavy atom. The summed E-state index contributed by atoms with van der Waals surface area (Å²) in [7, 11) is -0.106. The summed E-state index contributed by atoms with van der Waals surface area (Å²) in [5, 5.41) is 3.99. The van der Waals surface area contributed by atoms with E-state index in [-0.39, 0.29) is 10.1 Å². The van der Waals surface area contributed by atoms with E-state index in [0.717, 1.165) is 20.8 Å². The Bertz CT molecular complexity index is 1550. The van der Waals surface area contributed by atoms with Crippen LogP contribution in [0.15, 0.2) is 77.3 Å². The highest BCUT2D eigenvalue weighted by atomic mass is 79.9. The third-order valence-electron chi connectivity index (χ3n) is 8.94. The monoisotopic (exact) mass is 694 g/mol. The fourth-order valence-corrected chi connectivity index (χ4v) is 11.7. The largest absolute Gasteiger partial charge is 0.541 e. The zero-order valence-electron chi connectivity index (χ0n) is 28.1. The summed E-state index contributed by atoms with van der Waals surface area (Å²) in [6.07, 6.45) is 0. The van der Waals surface area contributed by atoms with E-state index in [4.69, 9.17) is 23.1 Å². The summed E-state index contributed by atoms with van der Waals surface area (Å²) in [5.74, 6) is 2.68. The molecule has 4 rings (SSSR count). The molecule has 0 fully saturated rings. The molecule has 0 aliphatic rings. The maximum atomic E-state index is 7.39. The van der Waals surface area contributed by atoms with Crippen LogP contribution in [0, 0.1) is 0 Å². The lowest BCUT2D eigenvalue weighted by Crippen LogP contribution is -2.66. The Morgan fingerprint density at radius 2 is 1.18 bits per heavy atom. The Hall–Kier alpha value is -2.79. The molecule has 0 atom stereocenters. The van der Waals surface area contributed by atoms with Crippen LogP contribution >= 0.6 is 15.9 Å². The first-order valence-electron chi connectivity index (χ1n) is 15.0. The Balaban J connectivity index is 2.03. The minimum absolute atomic E-state index is 0.0390. The SMILES string of the molecule is COc1cc(OC)c2c(O[Si](C)(C)C(C)(C)C)c(OC)c(CO[Si](c3ccccc3)(c3ccccc3)C(C)(C)C)cc2c1Br. The summed E-state index contributed by atoms with van der Waals surface area (Å²) in [4.78, 5) is 0. The maximum absolute atomic E-state index is 7.39. The highest BCUT2D eigenvalue weighted by Crippen LogP contribution is 2.51. The van der Waals surface area contributed by atoms with E-state index < -0.39 is 16.6 Å². The van der Waals surface area contributed by atoms with Crippen LogP contribution in [0.5, 0.6) is 23.0 Å². The van der Waals surface area contributed by atoms with E-state index in [1.54, 1.807) is 21.3 Å². The predicted octanol–water partition coefficient (Wildman–Crippen LogP) is 9.09. The van der Waals surface area contributed by atoms with Crippen LogP contribution < -0.4 is 29.0 Å². The van der Waals surface area contributed by atoms with Gasteiger partial charge in [-0.1, -0.05) is 102 Å². The van der Waals surface area contributed by atoms with Gasteiger partial charge in [0.25, 0.3) is 16.6 Å². The van der Waals surface area contributed by atoms with E-state index >= 15 is 0 Å². The second kappa shape index (κ2) is 12.9. The summed E-state index contributed by atoms with van der Waals surface area (Å²) < 4.78 is 33.2. The first-order chi connectivity index (χ1) is 20.6. The summed E-state index contributed by atoms with van der Waals surface area (Å²) in [6.45, 7) is 18.4. The minimum atomic E-state index is -2.83. The molecule has 0 spiro atoms. The van der Waals surface area contributed by atoms with Gasteiger partial charge in [0.1, 0.15) is 11.5 Å². The molecule has 236 valence electrons. The number of ether oxygens (including phenoxy) is 3. The fraction of sp³-hybridized carbons (Fsp3) is 0.389. The van der Waals surface area contributed by atoms with Crippen molar-refractivity contribution in [1.29, 1.82) is 0 Å². The van der Waals surface area contributed by atoms with Crippen molar-refractivity contribution in [1.82, 2.24) is 0 Å². The van der Waals surface area contributed by atoms with Crippen molar-refractivity contribution in [3.8, 4) is 23.0 Å². The molecule has 5 nitrogen and oxygen atoms in total. The number of rotatable bonds is 10. The van der Waals surface area contributed by atoms with Crippen LogP contribution in [-0.2, 0) is 11.0 Å². The highest BCUT2D eigenvalue weighted by molar-refractivity contribution is 9.10. The predicted molar refractivity (Wildman–Crippen MR) is 192 cm³/mol. The molecule has 0 radical (unpaired) electrons. The average Bonchev–Trinajstić information content (AvgIpc) is 2.97. The molecule has 0 saturated carbocycles. The molecule has 0 unspecified atom stereocenters. The van der Waals surface area contributed by atoms with Gasteiger partial charge in [-0.15, -0.1) is 0 Å². The second-order valence-corrected chi connectivity index (χ2v) is 23.6. The topological polar surface area (TPSA) is 46.2 Å². The third kappa shape index (κ3) is 6.19. The van der Waals surface area contributed by atoms with Crippen LogP contribution in [0.2, 0.25) is 23.2 Å². The van der Waals surface area contributed by atoms with E-state index in [9.17, 15) is 0 Å². The van der Waals surface area contributed by atoms with Gasteiger partial charge >= 0.3 is 0 Å². The molecule has 4 aromatic carbocycles. The van der Waals surface area contributed by atoms with Crippen molar-refractivity contribution in [2.24, 2.45) is 0 Å². The van der Waals surface area contributed by atoms with Crippen LogP contribution in [0.3, 0.4) is 0 Å². The number of fused-ring (bicyclic) bond motifs is 1. The molecule has 0 aromatic heterocycles. The molecule has 0 saturated heterocycles. The number of methoxy groups -OCH3 is 3. The van der Waals surface area contributed by atoms with Gasteiger partial charge in [0.2, 0.25) is 0 Å². The Morgan fingerprint density at radius 1 is 0.659 bits per heavy atom. The lowest BCUT2D eigenvalue weighted by molar-refractivity contribution is 0.277. The van der Waals surface area contributed by atoms with Crippen molar-refractivity contribution in [2.75, 3.05) is 21.3 Å². The van der Waals surface area contributed by atoms with Crippen molar-refractivity contribution >= 4 is 53.7 Å². The van der Waals surface area contributed by atoms with Gasteiger partial charge in [0, 0.05) is 17.0 Å². The quantitative estimate of drug-likeness (QED) is 0.155. The van der Waals surface area contributed by atoms with Crippen molar-refractivity contribution in [3.05, 3.63) is 82.8 Å². The summed E-state index contributed by atoms with van der Waals surface area (Å²) in [5.41, 5.74) is 0.901. The van der Waals surface area contributed by atoms with Crippen molar-refractivity contribution in [3.63, 3.8) is 0 Å². The van der Waals surface area contributed by atoms with Crippen LogP contribution in [0.4, 0.5) is 0 Å². The molecule has 0 N–H and O–H groups in total. The smallest absolute Gasteiger partial charge is 0.261 e. The molecule has 44 heavy (non-hydrogen) atoms. The van der Waals surface area contributed by atoms with E-state index in [0.29, 0.717) is 29.6 Å². The van der Waals surface area contributed by atoms with Gasteiger partial charge in [-0.05, 0) is 55.5 Å². The molecular weight excluding hydrogens is 648 g/mol. The number of hydrogen-bond acceptors (Lipinski definition) is 5. The highest BCUT2D eigenvalue weighted by Gasteiger charge is 2.50. The van der Waals surface area contributed by atoms with Crippen molar-refractivity contribution < 1.29 is 23.1 Å². The summed E-state index contributed by atoms with van der Waals surface area (Å²) >= 11 is 3.84. The average molecular weight is 696 g/mol. The molecular formula is C36H47BrO5Si2. The second-order valence-electron chi connectivity index (χ2n) is 13.7. The van der Waals surface area contributed by atoms with Crippen LogP contribution in [-0.4, -0.2) is 38.0 Å². The van der Waals surface area contributed by atoms with Crippen molar-refractivity contribution in [2.45, 2.75) is 71.3 Å². The summed E-state index contributed by atoms with van der Waals surface area (Å²) in [6, 6.07) is 25.4. The first-order valence-corrected chi connectivity index (χ1v) is 20.6. The normalized spacial score (nSPS) is 12.7. The molecule has 0 aliphatic carbocycles. The van der Waals surface area contributed by atoms with Gasteiger partial charge < -0.3 is 23.1 Å². The van der Waals surface area contributed by atoms with Gasteiger partial charge in [-0.3, -0.25) is 0 Å². The first kappa shape index (κ1) is 34.1. The molecule has 8 heteroatoms. The van der Waals surface area contributed by atoms with Gasteiger partial charge in [0.05, 0.1) is 37.8 Å². The zero-order valence-corrected chi connectivity index (χ0v) is 31.6. The number of benzene rings is 4.